The standard InChI is InChI=1S/C15H11BrN2O/c1-10(19)11-3-2-4-13(7-11)18-9-17-14-6-5-12(16)8-15(14)18/h2-9H,1H3. The Morgan fingerprint density at radius 1 is 1.21 bits per heavy atom. The second-order valence-corrected chi connectivity index (χ2v) is 5.27. The first-order chi connectivity index (χ1) is 9.15. The first-order valence-corrected chi connectivity index (χ1v) is 6.68. The molecule has 3 rings (SSSR count). The van der Waals surface area contributed by atoms with Crippen LogP contribution in [-0.2, 0) is 0 Å². The van der Waals surface area contributed by atoms with E-state index in [-0.39, 0.29) is 5.78 Å². The molecule has 0 spiro atoms. The van der Waals surface area contributed by atoms with Crippen LogP contribution in [0.4, 0.5) is 0 Å². The second kappa shape index (κ2) is 4.63. The third-order valence-corrected chi connectivity index (χ3v) is 3.53. The van der Waals surface area contributed by atoms with E-state index in [9.17, 15) is 4.79 Å². The van der Waals surface area contributed by atoms with Gasteiger partial charge in [0.25, 0.3) is 0 Å². The summed E-state index contributed by atoms with van der Waals surface area (Å²) in [5.74, 6) is 0.0625. The van der Waals surface area contributed by atoms with Gasteiger partial charge in [-0.2, -0.15) is 0 Å². The Labute approximate surface area is 119 Å². The van der Waals surface area contributed by atoms with Crippen LogP contribution in [0.15, 0.2) is 53.3 Å². The van der Waals surface area contributed by atoms with Crippen molar-refractivity contribution in [2.75, 3.05) is 0 Å². The van der Waals surface area contributed by atoms with E-state index in [1.54, 1.807) is 13.3 Å². The van der Waals surface area contributed by atoms with Crippen molar-refractivity contribution in [2.45, 2.75) is 6.92 Å². The highest BCUT2D eigenvalue weighted by atomic mass is 79.9. The molecular weight excluding hydrogens is 304 g/mol. The van der Waals surface area contributed by atoms with Gasteiger partial charge in [-0.15, -0.1) is 0 Å². The zero-order valence-corrected chi connectivity index (χ0v) is 11.9. The summed E-state index contributed by atoms with van der Waals surface area (Å²) in [6.07, 6.45) is 1.77. The van der Waals surface area contributed by atoms with Crippen molar-refractivity contribution in [1.82, 2.24) is 9.55 Å². The third-order valence-electron chi connectivity index (χ3n) is 3.04. The van der Waals surface area contributed by atoms with Crippen molar-refractivity contribution in [3.05, 3.63) is 58.8 Å². The van der Waals surface area contributed by atoms with Gasteiger partial charge in [0.15, 0.2) is 5.78 Å². The van der Waals surface area contributed by atoms with E-state index >= 15 is 0 Å². The fourth-order valence-corrected chi connectivity index (χ4v) is 2.41. The number of rotatable bonds is 2. The predicted molar refractivity (Wildman–Crippen MR) is 78.8 cm³/mol. The molecule has 19 heavy (non-hydrogen) atoms. The summed E-state index contributed by atoms with van der Waals surface area (Å²) in [5.41, 5.74) is 3.58. The predicted octanol–water partition coefficient (Wildman–Crippen LogP) is 3.99. The van der Waals surface area contributed by atoms with Crippen molar-refractivity contribution < 1.29 is 4.79 Å². The van der Waals surface area contributed by atoms with Gasteiger partial charge in [-0.3, -0.25) is 9.36 Å². The van der Waals surface area contributed by atoms with Gasteiger partial charge in [0, 0.05) is 15.7 Å². The van der Waals surface area contributed by atoms with Crippen LogP contribution in [0.1, 0.15) is 17.3 Å². The number of carbonyl (C=O) groups excluding carboxylic acids is 1. The van der Waals surface area contributed by atoms with E-state index in [0.717, 1.165) is 21.2 Å². The Morgan fingerprint density at radius 2 is 2.05 bits per heavy atom. The van der Waals surface area contributed by atoms with Crippen molar-refractivity contribution >= 4 is 32.7 Å². The number of benzene rings is 2. The van der Waals surface area contributed by atoms with E-state index < -0.39 is 0 Å². The molecule has 94 valence electrons. The van der Waals surface area contributed by atoms with Gasteiger partial charge in [0.2, 0.25) is 0 Å². The molecular formula is C15H11BrN2O. The Hall–Kier alpha value is -1.94. The summed E-state index contributed by atoms with van der Waals surface area (Å²) < 4.78 is 2.98. The van der Waals surface area contributed by atoms with Gasteiger partial charge in [-0.05, 0) is 37.3 Å². The molecule has 0 N–H and O–H groups in total. The van der Waals surface area contributed by atoms with E-state index in [1.165, 1.54) is 0 Å². The molecule has 0 radical (unpaired) electrons. The number of carbonyl (C=O) groups is 1. The molecule has 0 bridgehead atoms. The normalized spacial score (nSPS) is 10.8. The maximum Gasteiger partial charge on any atom is 0.159 e. The average molecular weight is 315 g/mol. The van der Waals surface area contributed by atoms with Gasteiger partial charge in [0.1, 0.15) is 6.33 Å². The molecule has 0 unspecified atom stereocenters. The zero-order valence-electron chi connectivity index (χ0n) is 10.3. The maximum atomic E-state index is 11.5. The molecule has 3 aromatic rings. The molecule has 0 atom stereocenters. The molecule has 3 nitrogen and oxygen atoms in total. The summed E-state index contributed by atoms with van der Waals surface area (Å²) in [4.78, 5) is 15.8. The molecule has 0 fully saturated rings. The van der Waals surface area contributed by atoms with Gasteiger partial charge in [-0.1, -0.05) is 28.1 Å². The number of Topliss-reactive ketones (excluding diaryl/α,β-unsaturated/α-hetero) is 1. The van der Waals surface area contributed by atoms with Crippen molar-refractivity contribution in [1.29, 1.82) is 0 Å². The number of ketones is 1. The van der Waals surface area contributed by atoms with Gasteiger partial charge in [0.05, 0.1) is 11.0 Å². The number of imidazole rings is 1. The summed E-state index contributed by atoms with van der Waals surface area (Å²) in [7, 11) is 0. The summed E-state index contributed by atoms with van der Waals surface area (Å²) in [6.45, 7) is 1.57. The second-order valence-electron chi connectivity index (χ2n) is 4.35. The van der Waals surface area contributed by atoms with Gasteiger partial charge in [-0.25, -0.2) is 4.98 Å². The molecule has 2 aromatic carbocycles. The van der Waals surface area contributed by atoms with Crippen LogP contribution in [0.25, 0.3) is 16.7 Å². The Balaban J connectivity index is 2.21. The molecule has 4 heteroatoms. The lowest BCUT2D eigenvalue weighted by Gasteiger charge is -2.06. The molecule has 0 aliphatic carbocycles. The summed E-state index contributed by atoms with van der Waals surface area (Å²) in [5, 5.41) is 0. The van der Waals surface area contributed by atoms with Crippen LogP contribution in [0.3, 0.4) is 0 Å². The number of hydrogen-bond acceptors (Lipinski definition) is 2. The van der Waals surface area contributed by atoms with Crippen LogP contribution in [0, 0.1) is 0 Å². The number of aromatic nitrogens is 2. The van der Waals surface area contributed by atoms with E-state index in [1.807, 2.05) is 47.0 Å². The SMILES string of the molecule is CC(=O)c1cccc(-n2cnc3ccc(Br)cc32)c1. The molecule has 0 aliphatic rings. The molecule has 1 aromatic heterocycles. The Morgan fingerprint density at radius 3 is 2.84 bits per heavy atom. The minimum Gasteiger partial charge on any atom is -0.299 e. The Bertz CT molecular complexity index is 777. The van der Waals surface area contributed by atoms with E-state index in [4.69, 9.17) is 0 Å². The van der Waals surface area contributed by atoms with Crippen molar-refractivity contribution in [2.24, 2.45) is 0 Å². The van der Waals surface area contributed by atoms with Crippen LogP contribution in [-0.4, -0.2) is 15.3 Å². The fourth-order valence-electron chi connectivity index (χ4n) is 2.06. The highest BCUT2D eigenvalue weighted by molar-refractivity contribution is 9.10. The summed E-state index contributed by atoms with van der Waals surface area (Å²) >= 11 is 3.47. The van der Waals surface area contributed by atoms with Gasteiger partial charge < -0.3 is 0 Å². The van der Waals surface area contributed by atoms with Gasteiger partial charge >= 0.3 is 0 Å². The monoisotopic (exact) mass is 314 g/mol. The zero-order chi connectivity index (χ0) is 13.4. The first kappa shape index (κ1) is 12.1. The van der Waals surface area contributed by atoms with Crippen molar-refractivity contribution in [3.63, 3.8) is 0 Å². The van der Waals surface area contributed by atoms with Crippen molar-refractivity contribution in [3.8, 4) is 5.69 Å². The molecule has 0 saturated carbocycles. The molecule has 0 saturated heterocycles. The molecule has 0 amide bonds. The molecule has 1 heterocycles. The van der Waals surface area contributed by atoms with Crippen LogP contribution in [0.2, 0.25) is 0 Å². The maximum absolute atomic E-state index is 11.5. The van der Waals surface area contributed by atoms with E-state index in [2.05, 4.69) is 20.9 Å². The number of nitrogens with zero attached hydrogens (tertiary/aromatic N) is 2. The third kappa shape index (κ3) is 2.19. The smallest absolute Gasteiger partial charge is 0.159 e. The number of halogens is 1. The largest absolute Gasteiger partial charge is 0.299 e. The highest BCUT2D eigenvalue weighted by Gasteiger charge is 2.07. The minimum absolute atomic E-state index is 0.0625. The lowest BCUT2D eigenvalue weighted by atomic mass is 10.1. The highest BCUT2D eigenvalue weighted by Crippen LogP contribution is 2.22. The quantitative estimate of drug-likeness (QED) is 0.670. The Kier molecular flexibility index (Phi) is 2.95. The van der Waals surface area contributed by atoms with Crippen LogP contribution < -0.4 is 0 Å². The topological polar surface area (TPSA) is 34.9 Å². The molecule has 0 aliphatic heterocycles. The van der Waals surface area contributed by atoms with Crippen LogP contribution >= 0.6 is 15.9 Å². The summed E-state index contributed by atoms with van der Waals surface area (Å²) in [6, 6.07) is 13.5. The first-order valence-electron chi connectivity index (χ1n) is 5.89. The lowest BCUT2D eigenvalue weighted by Crippen LogP contribution is -1.96. The average Bonchev–Trinajstić information content (AvgIpc) is 2.81. The van der Waals surface area contributed by atoms with E-state index in [0.29, 0.717) is 5.56 Å². The minimum atomic E-state index is 0.0625. The number of hydrogen-bond donors (Lipinski definition) is 0. The fraction of sp³-hybridized carbons (Fsp3) is 0.0667. The number of fused-ring (bicyclic) bond motifs is 1. The lowest BCUT2D eigenvalue weighted by molar-refractivity contribution is 0.101. The van der Waals surface area contributed by atoms with Crippen LogP contribution in [0.5, 0.6) is 0 Å².